The molecule has 0 saturated heterocycles. The molecule has 0 amide bonds. The van der Waals surface area contributed by atoms with Gasteiger partial charge in [-0.25, -0.2) is 4.98 Å². The van der Waals surface area contributed by atoms with Crippen LogP contribution in [0.1, 0.15) is 54.9 Å². The van der Waals surface area contributed by atoms with Gasteiger partial charge in [0.2, 0.25) is 0 Å². The minimum absolute atomic E-state index is 0.471. The SMILES string of the molecule is CCCCCC(NCCc1nc(C)cs1)c1ccccc1. The van der Waals surface area contributed by atoms with Crippen molar-refractivity contribution in [1.29, 1.82) is 0 Å². The summed E-state index contributed by atoms with van der Waals surface area (Å²) in [5.41, 5.74) is 2.54. The molecule has 2 nitrogen and oxygen atoms in total. The highest BCUT2D eigenvalue weighted by Gasteiger charge is 2.10. The van der Waals surface area contributed by atoms with Crippen LogP contribution in [0.25, 0.3) is 0 Å². The number of hydrogen-bond donors (Lipinski definition) is 1. The van der Waals surface area contributed by atoms with E-state index in [1.54, 1.807) is 11.3 Å². The third kappa shape index (κ3) is 5.60. The van der Waals surface area contributed by atoms with Crippen LogP contribution in [0, 0.1) is 6.92 Å². The molecule has 1 aromatic carbocycles. The number of benzene rings is 1. The van der Waals surface area contributed by atoms with Crippen molar-refractivity contribution in [2.45, 2.75) is 52.0 Å². The fraction of sp³-hybridized carbons (Fsp3) is 0.500. The van der Waals surface area contributed by atoms with Crippen molar-refractivity contribution >= 4 is 11.3 Å². The Morgan fingerprint density at radius 1 is 1.19 bits per heavy atom. The molecule has 114 valence electrons. The Morgan fingerprint density at radius 3 is 2.67 bits per heavy atom. The van der Waals surface area contributed by atoms with Crippen LogP contribution < -0.4 is 5.32 Å². The van der Waals surface area contributed by atoms with Crippen molar-refractivity contribution in [3.63, 3.8) is 0 Å². The first-order valence-electron chi connectivity index (χ1n) is 7.99. The van der Waals surface area contributed by atoms with Gasteiger partial charge < -0.3 is 5.32 Å². The van der Waals surface area contributed by atoms with Crippen molar-refractivity contribution in [3.8, 4) is 0 Å². The van der Waals surface area contributed by atoms with E-state index in [2.05, 4.69) is 59.9 Å². The Balaban J connectivity index is 1.86. The lowest BCUT2D eigenvalue weighted by atomic mass is 10.0. The summed E-state index contributed by atoms with van der Waals surface area (Å²) < 4.78 is 0. The van der Waals surface area contributed by atoms with E-state index in [9.17, 15) is 0 Å². The summed E-state index contributed by atoms with van der Waals surface area (Å²) in [5.74, 6) is 0. The zero-order valence-electron chi connectivity index (χ0n) is 13.1. The highest BCUT2D eigenvalue weighted by Crippen LogP contribution is 2.20. The molecule has 0 aliphatic heterocycles. The van der Waals surface area contributed by atoms with Crippen molar-refractivity contribution in [2.24, 2.45) is 0 Å². The second kappa shape index (κ2) is 8.96. The number of thiazole rings is 1. The topological polar surface area (TPSA) is 24.9 Å². The summed E-state index contributed by atoms with van der Waals surface area (Å²) in [7, 11) is 0. The highest BCUT2D eigenvalue weighted by molar-refractivity contribution is 7.09. The summed E-state index contributed by atoms with van der Waals surface area (Å²) in [6.45, 7) is 5.32. The van der Waals surface area contributed by atoms with E-state index in [1.807, 2.05) is 0 Å². The number of nitrogens with zero attached hydrogens (tertiary/aromatic N) is 1. The summed E-state index contributed by atoms with van der Waals surface area (Å²) in [6.07, 6.45) is 6.13. The average Bonchev–Trinajstić information content (AvgIpc) is 2.92. The molecule has 1 heterocycles. The van der Waals surface area contributed by atoms with E-state index in [0.29, 0.717) is 6.04 Å². The van der Waals surface area contributed by atoms with Gasteiger partial charge in [-0.3, -0.25) is 0 Å². The van der Waals surface area contributed by atoms with Gasteiger partial charge >= 0.3 is 0 Å². The molecule has 2 rings (SSSR count). The lowest BCUT2D eigenvalue weighted by molar-refractivity contribution is 0.477. The van der Waals surface area contributed by atoms with Crippen LogP contribution in [0.15, 0.2) is 35.7 Å². The van der Waals surface area contributed by atoms with Crippen LogP contribution >= 0.6 is 11.3 Å². The number of aryl methyl sites for hydroxylation is 1. The Hall–Kier alpha value is -1.19. The predicted molar refractivity (Wildman–Crippen MR) is 91.9 cm³/mol. The van der Waals surface area contributed by atoms with Gasteiger partial charge in [0.1, 0.15) is 0 Å². The van der Waals surface area contributed by atoms with Gasteiger partial charge in [-0.1, -0.05) is 56.5 Å². The Bertz CT molecular complexity index is 507. The molecule has 0 bridgehead atoms. The number of aromatic nitrogens is 1. The first kappa shape index (κ1) is 16.2. The maximum absolute atomic E-state index is 4.53. The van der Waals surface area contributed by atoms with Gasteiger partial charge in [-0.15, -0.1) is 11.3 Å². The largest absolute Gasteiger partial charge is 0.310 e. The zero-order valence-corrected chi connectivity index (χ0v) is 14.0. The van der Waals surface area contributed by atoms with Crippen LogP contribution in [-0.2, 0) is 6.42 Å². The minimum atomic E-state index is 0.471. The first-order valence-corrected chi connectivity index (χ1v) is 8.87. The molecule has 0 radical (unpaired) electrons. The first-order chi connectivity index (χ1) is 10.3. The van der Waals surface area contributed by atoms with Crippen molar-refractivity contribution in [2.75, 3.05) is 6.54 Å². The molecule has 21 heavy (non-hydrogen) atoms. The third-order valence-corrected chi connectivity index (χ3v) is 4.72. The second-order valence-electron chi connectivity index (χ2n) is 5.55. The normalized spacial score (nSPS) is 12.5. The zero-order chi connectivity index (χ0) is 14.9. The molecule has 1 N–H and O–H groups in total. The van der Waals surface area contributed by atoms with E-state index in [-0.39, 0.29) is 0 Å². The monoisotopic (exact) mass is 302 g/mol. The Labute approximate surface area is 132 Å². The third-order valence-electron chi connectivity index (χ3n) is 3.69. The fourth-order valence-corrected chi connectivity index (χ4v) is 3.32. The van der Waals surface area contributed by atoms with Crippen molar-refractivity contribution in [3.05, 3.63) is 52.0 Å². The Kier molecular flexibility index (Phi) is 6.90. The van der Waals surface area contributed by atoms with E-state index in [0.717, 1.165) is 18.7 Å². The van der Waals surface area contributed by atoms with Gasteiger partial charge in [0.15, 0.2) is 0 Å². The van der Waals surface area contributed by atoms with E-state index in [1.165, 1.54) is 36.3 Å². The quantitative estimate of drug-likeness (QED) is 0.666. The minimum Gasteiger partial charge on any atom is -0.310 e. The van der Waals surface area contributed by atoms with Crippen LogP contribution in [0.4, 0.5) is 0 Å². The number of unbranched alkanes of at least 4 members (excludes halogenated alkanes) is 2. The lowest BCUT2D eigenvalue weighted by Crippen LogP contribution is -2.23. The molecule has 1 aromatic heterocycles. The summed E-state index contributed by atoms with van der Waals surface area (Å²) in [4.78, 5) is 4.53. The fourth-order valence-electron chi connectivity index (χ4n) is 2.54. The molecule has 0 saturated carbocycles. The molecule has 3 heteroatoms. The molecule has 1 atom stereocenters. The van der Waals surface area contributed by atoms with Gasteiger partial charge in [0.25, 0.3) is 0 Å². The molecule has 0 fully saturated rings. The summed E-state index contributed by atoms with van der Waals surface area (Å²) in [6, 6.07) is 11.3. The molecule has 2 aromatic rings. The molecular weight excluding hydrogens is 276 g/mol. The Morgan fingerprint density at radius 2 is 2.00 bits per heavy atom. The average molecular weight is 302 g/mol. The number of rotatable bonds is 9. The molecule has 0 aliphatic carbocycles. The van der Waals surface area contributed by atoms with Crippen LogP contribution in [0.2, 0.25) is 0 Å². The molecule has 0 aliphatic rings. The molecule has 1 unspecified atom stereocenters. The maximum Gasteiger partial charge on any atom is 0.0940 e. The van der Waals surface area contributed by atoms with E-state index >= 15 is 0 Å². The van der Waals surface area contributed by atoms with Crippen LogP contribution in [0.5, 0.6) is 0 Å². The van der Waals surface area contributed by atoms with Crippen LogP contribution in [-0.4, -0.2) is 11.5 Å². The van der Waals surface area contributed by atoms with E-state index in [4.69, 9.17) is 0 Å². The number of nitrogens with one attached hydrogen (secondary N) is 1. The number of hydrogen-bond acceptors (Lipinski definition) is 3. The maximum atomic E-state index is 4.53. The second-order valence-corrected chi connectivity index (χ2v) is 6.49. The van der Waals surface area contributed by atoms with Crippen molar-refractivity contribution < 1.29 is 0 Å². The predicted octanol–water partition coefficient (Wildman–Crippen LogP) is 4.91. The molecular formula is C18H26N2S. The lowest BCUT2D eigenvalue weighted by Gasteiger charge is -2.19. The van der Waals surface area contributed by atoms with Gasteiger partial charge in [-0.2, -0.15) is 0 Å². The van der Waals surface area contributed by atoms with E-state index < -0.39 is 0 Å². The summed E-state index contributed by atoms with van der Waals surface area (Å²) >= 11 is 1.77. The van der Waals surface area contributed by atoms with Gasteiger partial charge in [0, 0.05) is 30.1 Å². The highest BCUT2D eigenvalue weighted by atomic mass is 32.1. The summed E-state index contributed by atoms with van der Waals surface area (Å²) in [5, 5.41) is 7.09. The van der Waals surface area contributed by atoms with Gasteiger partial charge in [-0.05, 0) is 18.9 Å². The molecule has 0 spiro atoms. The van der Waals surface area contributed by atoms with Crippen LogP contribution in [0.3, 0.4) is 0 Å². The smallest absolute Gasteiger partial charge is 0.0940 e. The standard InChI is InChI=1S/C18H26N2S/c1-3-4-6-11-17(16-9-7-5-8-10-16)19-13-12-18-20-15(2)14-21-18/h5,7-10,14,17,19H,3-4,6,11-13H2,1-2H3. The van der Waals surface area contributed by atoms with Gasteiger partial charge in [0.05, 0.1) is 5.01 Å². The van der Waals surface area contributed by atoms with Crippen molar-refractivity contribution in [1.82, 2.24) is 10.3 Å².